The molecule has 0 amide bonds. The van der Waals surface area contributed by atoms with Crippen molar-refractivity contribution in [3.8, 4) is 0 Å². The van der Waals surface area contributed by atoms with Crippen LogP contribution in [0, 0.1) is 0 Å². The van der Waals surface area contributed by atoms with Gasteiger partial charge in [-0.3, -0.25) is 9.36 Å². The lowest BCUT2D eigenvalue weighted by Crippen LogP contribution is -2.37. The zero-order valence-corrected chi connectivity index (χ0v) is 39.9. The number of esters is 1. The highest BCUT2D eigenvalue weighted by Gasteiger charge is 2.20. The van der Waals surface area contributed by atoms with Crippen molar-refractivity contribution in [2.75, 3.05) is 54.1 Å². The third-order valence-electron chi connectivity index (χ3n) is 10.7. The van der Waals surface area contributed by atoms with Crippen molar-refractivity contribution in [3.63, 3.8) is 0 Å². The van der Waals surface area contributed by atoms with Gasteiger partial charge in [0.15, 0.2) is 0 Å². The molecule has 2 unspecified atom stereocenters. The first-order chi connectivity index (χ1) is 28.1. The maximum absolute atomic E-state index is 12.7. The molecular formula is C49H96NO7P. The molecule has 0 bridgehead atoms. The summed E-state index contributed by atoms with van der Waals surface area (Å²) in [7, 11) is 1.36. The van der Waals surface area contributed by atoms with Gasteiger partial charge in [0.25, 0.3) is 7.82 Å². The molecule has 0 aliphatic rings. The van der Waals surface area contributed by atoms with E-state index in [2.05, 4.69) is 38.2 Å². The van der Waals surface area contributed by atoms with Crippen LogP contribution in [0.1, 0.15) is 226 Å². The van der Waals surface area contributed by atoms with Gasteiger partial charge in [-0.2, -0.15) is 0 Å². The van der Waals surface area contributed by atoms with E-state index in [-0.39, 0.29) is 25.8 Å². The molecule has 8 nitrogen and oxygen atoms in total. The fourth-order valence-electron chi connectivity index (χ4n) is 6.89. The molecule has 0 aliphatic heterocycles. The molecule has 0 rings (SSSR count). The first kappa shape index (κ1) is 57.0. The molecule has 0 aromatic carbocycles. The number of quaternary nitrogens is 1. The number of carbonyl (C=O) groups is 1. The second kappa shape index (κ2) is 42.7. The molecule has 0 heterocycles. The van der Waals surface area contributed by atoms with Crippen LogP contribution in [-0.4, -0.2) is 70.7 Å². The van der Waals surface area contributed by atoms with Gasteiger partial charge in [-0.1, -0.05) is 179 Å². The molecule has 0 aromatic heterocycles. The molecule has 0 aromatic rings. The van der Waals surface area contributed by atoms with Crippen LogP contribution in [0.5, 0.6) is 0 Å². The lowest BCUT2D eigenvalue weighted by Gasteiger charge is -2.28. The molecule has 58 heavy (non-hydrogen) atoms. The summed E-state index contributed by atoms with van der Waals surface area (Å²) in [4.78, 5) is 25.1. The minimum absolute atomic E-state index is 0.0260. The minimum Gasteiger partial charge on any atom is -0.756 e. The molecule has 2 atom stereocenters. The zero-order chi connectivity index (χ0) is 42.7. The molecule has 0 spiro atoms. The van der Waals surface area contributed by atoms with Crippen LogP contribution < -0.4 is 4.89 Å². The smallest absolute Gasteiger partial charge is 0.306 e. The second-order valence-corrected chi connectivity index (χ2v) is 19.2. The molecule has 9 heteroatoms. The highest BCUT2D eigenvalue weighted by atomic mass is 31.2. The molecule has 0 fully saturated rings. The SMILES string of the molecule is CCCCC/C=C\CCCCCCCC(=O)OC(COCCCCCCCCCCCCCC/C=C\CCCCCCCCCC)COP(=O)([O-])OCC[N+](C)(C)C. The molecule has 0 N–H and O–H groups in total. The van der Waals surface area contributed by atoms with Crippen molar-refractivity contribution >= 4 is 13.8 Å². The molecule has 0 aliphatic carbocycles. The van der Waals surface area contributed by atoms with Crippen molar-refractivity contribution in [2.45, 2.75) is 232 Å². The van der Waals surface area contributed by atoms with Crippen molar-refractivity contribution in [1.82, 2.24) is 0 Å². The third-order valence-corrected chi connectivity index (χ3v) is 11.7. The summed E-state index contributed by atoms with van der Waals surface area (Å²) in [6.07, 6.45) is 49.2. The first-order valence-electron chi connectivity index (χ1n) is 24.6. The van der Waals surface area contributed by atoms with Crippen molar-refractivity contribution in [2.24, 2.45) is 0 Å². The molecule has 344 valence electrons. The van der Waals surface area contributed by atoms with E-state index < -0.39 is 13.9 Å². The van der Waals surface area contributed by atoms with Crippen molar-refractivity contribution in [3.05, 3.63) is 24.3 Å². The maximum atomic E-state index is 12.7. The summed E-state index contributed by atoms with van der Waals surface area (Å²) in [5.74, 6) is -0.342. The van der Waals surface area contributed by atoms with Gasteiger partial charge in [0.05, 0.1) is 34.4 Å². The highest BCUT2D eigenvalue weighted by Crippen LogP contribution is 2.38. The summed E-state index contributed by atoms with van der Waals surface area (Å²) >= 11 is 0. The number of phosphoric ester groups is 1. The number of hydrogen-bond donors (Lipinski definition) is 0. The second-order valence-electron chi connectivity index (χ2n) is 17.8. The lowest BCUT2D eigenvalue weighted by atomic mass is 10.0. The van der Waals surface area contributed by atoms with E-state index in [1.54, 1.807) is 0 Å². The third kappa shape index (κ3) is 46.1. The Balaban J connectivity index is 4.05. The highest BCUT2D eigenvalue weighted by molar-refractivity contribution is 7.45. The predicted molar refractivity (Wildman–Crippen MR) is 245 cm³/mol. The van der Waals surface area contributed by atoms with Gasteiger partial charge in [-0.25, -0.2) is 0 Å². The van der Waals surface area contributed by atoms with E-state index in [0.717, 1.165) is 44.9 Å². The topological polar surface area (TPSA) is 94.1 Å². The van der Waals surface area contributed by atoms with Gasteiger partial charge in [-0.15, -0.1) is 0 Å². The van der Waals surface area contributed by atoms with E-state index in [0.29, 0.717) is 24.1 Å². The van der Waals surface area contributed by atoms with Gasteiger partial charge in [0, 0.05) is 13.0 Å². The van der Waals surface area contributed by atoms with Gasteiger partial charge >= 0.3 is 5.97 Å². The van der Waals surface area contributed by atoms with Crippen LogP contribution in [-0.2, 0) is 27.9 Å². The average Bonchev–Trinajstić information content (AvgIpc) is 3.18. The number of phosphoric acid groups is 1. The average molecular weight is 842 g/mol. The Morgan fingerprint density at radius 3 is 1.34 bits per heavy atom. The quantitative estimate of drug-likeness (QED) is 0.0198. The lowest BCUT2D eigenvalue weighted by molar-refractivity contribution is -0.870. The van der Waals surface area contributed by atoms with Crippen molar-refractivity contribution in [1.29, 1.82) is 0 Å². The molecule has 0 saturated carbocycles. The molecular weight excluding hydrogens is 746 g/mol. The van der Waals surface area contributed by atoms with Crippen LogP contribution in [0.25, 0.3) is 0 Å². The molecule has 0 saturated heterocycles. The summed E-state index contributed by atoms with van der Waals surface area (Å²) < 4.78 is 34.6. The number of likely N-dealkylation sites (N-methyl/N-ethyl adjacent to an activating group) is 1. The van der Waals surface area contributed by atoms with Crippen molar-refractivity contribution < 1.29 is 37.3 Å². The van der Waals surface area contributed by atoms with Crippen LogP contribution in [0.3, 0.4) is 0 Å². The Bertz CT molecular complexity index is 983. The van der Waals surface area contributed by atoms with Crippen LogP contribution in [0.15, 0.2) is 24.3 Å². The Hall–Kier alpha value is -1.02. The normalized spacial score (nSPS) is 13.8. The predicted octanol–water partition coefficient (Wildman–Crippen LogP) is 14.1. The fourth-order valence-corrected chi connectivity index (χ4v) is 7.62. The fraction of sp³-hybridized carbons (Fsp3) is 0.898. The Morgan fingerprint density at radius 1 is 0.517 bits per heavy atom. The maximum Gasteiger partial charge on any atom is 0.306 e. The van der Waals surface area contributed by atoms with E-state index in [4.69, 9.17) is 18.5 Å². The summed E-state index contributed by atoms with van der Waals surface area (Å²) in [5, 5.41) is 0. The van der Waals surface area contributed by atoms with Gasteiger partial charge in [0.2, 0.25) is 0 Å². The first-order valence-corrected chi connectivity index (χ1v) is 26.0. The minimum atomic E-state index is -4.52. The number of allylic oxidation sites excluding steroid dienone is 4. The summed E-state index contributed by atoms with van der Waals surface area (Å²) in [6.45, 7) is 5.40. The van der Waals surface area contributed by atoms with Gasteiger partial charge in [-0.05, 0) is 64.2 Å². The Kier molecular flexibility index (Phi) is 41.9. The van der Waals surface area contributed by atoms with Crippen LogP contribution >= 0.6 is 7.82 Å². The Morgan fingerprint density at radius 2 is 0.897 bits per heavy atom. The van der Waals surface area contributed by atoms with Crippen LogP contribution in [0.4, 0.5) is 0 Å². The van der Waals surface area contributed by atoms with E-state index in [1.165, 1.54) is 161 Å². The van der Waals surface area contributed by atoms with Crippen LogP contribution in [0.2, 0.25) is 0 Å². The number of unbranched alkanes of at least 4 members (excludes halogenated alkanes) is 28. The Labute approximate surface area is 360 Å². The number of ether oxygens (including phenoxy) is 2. The van der Waals surface area contributed by atoms with Gasteiger partial charge < -0.3 is 27.9 Å². The molecule has 0 radical (unpaired) electrons. The number of hydrogen-bond acceptors (Lipinski definition) is 7. The zero-order valence-electron chi connectivity index (χ0n) is 39.0. The van der Waals surface area contributed by atoms with E-state index in [9.17, 15) is 14.3 Å². The summed E-state index contributed by atoms with van der Waals surface area (Å²) in [5.41, 5.74) is 0. The van der Waals surface area contributed by atoms with E-state index >= 15 is 0 Å². The number of carbonyl (C=O) groups excluding carboxylic acids is 1. The number of rotatable bonds is 46. The van der Waals surface area contributed by atoms with E-state index in [1.807, 2.05) is 21.1 Å². The standard InChI is InChI=1S/C49H96NO7P/c1-6-8-10-12-14-16-18-20-21-22-23-24-25-26-27-28-29-30-31-33-35-37-39-41-44-54-46-48(47-56-58(52,53)55-45-43-50(3,4)5)57-49(51)42-40-38-36-34-32-19-17-15-13-11-9-7-2/h15,17,22-23,48H,6-14,16,18-21,24-47H2,1-5H3/b17-15-,23-22-. The largest absolute Gasteiger partial charge is 0.756 e. The number of nitrogens with zero attached hydrogens (tertiary/aromatic N) is 1. The van der Waals surface area contributed by atoms with Gasteiger partial charge in [0.1, 0.15) is 19.3 Å². The summed E-state index contributed by atoms with van der Waals surface area (Å²) in [6, 6.07) is 0. The monoisotopic (exact) mass is 842 g/mol.